The average molecular weight is 331 g/mol. The fraction of sp³-hybridized carbons (Fsp3) is 0.250. The van der Waals surface area contributed by atoms with Crippen LogP contribution in [0.3, 0.4) is 0 Å². The number of ether oxygens (including phenoxy) is 2. The van der Waals surface area contributed by atoms with Gasteiger partial charge < -0.3 is 9.47 Å². The molecule has 2 rings (SSSR count). The van der Waals surface area contributed by atoms with Gasteiger partial charge in [0.15, 0.2) is 11.5 Å². The van der Waals surface area contributed by atoms with Crippen LogP contribution in [0.1, 0.15) is 16.7 Å². The zero-order chi connectivity index (χ0) is 16.2. The van der Waals surface area contributed by atoms with E-state index in [9.17, 15) is 13.2 Å². The average Bonchev–Trinajstić information content (AvgIpc) is 2.52. The number of hydrogen-bond donors (Lipinski definition) is 0. The summed E-state index contributed by atoms with van der Waals surface area (Å²) in [6.07, 6.45) is -4.34. The normalized spacial score (nSPS) is 11.3. The zero-order valence-electron chi connectivity index (χ0n) is 11.8. The Bertz CT molecular complexity index is 624. The van der Waals surface area contributed by atoms with Crippen molar-refractivity contribution in [3.05, 3.63) is 59.2 Å². The van der Waals surface area contributed by atoms with Crippen molar-refractivity contribution in [2.75, 3.05) is 7.11 Å². The minimum absolute atomic E-state index is 0.139. The van der Waals surface area contributed by atoms with Gasteiger partial charge in [0.2, 0.25) is 0 Å². The number of rotatable bonds is 5. The molecule has 118 valence electrons. The molecule has 0 aliphatic heterocycles. The van der Waals surface area contributed by atoms with E-state index in [1.165, 1.54) is 19.2 Å². The molecule has 0 fully saturated rings. The maximum absolute atomic E-state index is 12.5. The Morgan fingerprint density at radius 1 is 0.955 bits per heavy atom. The van der Waals surface area contributed by atoms with E-state index < -0.39 is 11.7 Å². The van der Waals surface area contributed by atoms with Gasteiger partial charge in [-0.15, -0.1) is 11.6 Å². The van der Waals surface area contributed by atoms with Crippen LogP contribution in [0.2, 0.25) is 0 Å². The number of hydrogen-bond acceptors (Lipinski definition) is 2. The quantitative estimate of drug-likeness (QED) is 0.716. The van der Waals surface area contributed by atoms with Crippen LogP contribution in [0.25, 0.3) is 0 Å². The van der Waals surface area contributed by atoms with E-state index >= 15 is 0 Å². The summed E-state index contributed by atoms with van der Waals surface area (Å²) in [7, 11) is 1.51. The molecular formula is C16H14ClF3O2. The number of methoxy groups -OCH3 is 1. The summed E-state index contributed by atoms with van der Waals surface area (Å²) in [6.45, 7) is 0.139. The Hall–Kier alpha value is -1.88. The highest BCUT2D eigenvalue weighted by molar-refractivity contribution is 6.17. The molecule has 0 spiro atoms. The first-order valence-corrected chi connectivity index (χ1v) is 6.99. The van der Waals surface area contributed by atoms with Gasteiger partial charge in [-0.2, -0.15) is 13.2 Å². The molecule has 0 bridgehead atoms. The first-order chi connectivity index (χ1) is 10.4. The van der Waals surface area contributed by atoms with Crippen LogP contribution in [-0.2, 0) is 18.7 Å². The molecule has 0 unspecified atom stereocenters. The number of halogens is 4. The van der Waals surface area contributed by atoms with Crippen molar-refractivity contribution in [2.45, 2.75) is 18.7 Å². The van der Waals surface area contributed by atoms with Crippen molar-refractivity contribution < 1.29 is 22.6 Å². The van der Waals surface area contributed by atoms with Crippen LogP contribution in [0.15, 0.2) is 42.5 Å². The highest BCUT2D eigenvalue weighted by Crippen LogP contribution is 2.31. The predicted molar refractivity (Wildman–Crippen MR) is 78.3 cm³/mol. The van der Waals surface area contributed by atoms with Crippen LogP contribution < -0.4 is 9.47 Å². The highest BCUT2D eigenvalue weighted by Gasteiger charge is 2.29. The topological polar surface area (TPSA) is 18.5 Å². The molecule has 2 nitrogen and oxygen atoms in total. The van der Waals surface area contributed by atoms with E-state index in [1.807, 2.05) is 6.07 Å². The predicted octanol–water partition coefficient (Wildman–Crippen LogP) is 5.03. The van der Waals surface area contributed by atoms with Crippen molar-refractivity contribution in [3.63, 3.8) is 0 Å². The molecular weight excluding hydrogens is 317 g/mol. The van der Waals surface area contributed by atoms with Crippen molar-refractivity contribution >= 4 is 11.6 Å². The number of benzene rings is 2. The molecule has 22 heavy (non-hydrogen) atoms. The molecule has 2 aromatic carbocycles. The monoisotopic (exact) mass is 330 g/mol. The minimum Gasteiger partial charge on any atom is -0.493 e. The Labute approximate surface area is 131 Å². The van der Waals surface area contributed by atoms with Crippen molar-refractivity contribution in [3.8, 4) is 11.5 Å². The molecule has 0 amide bonds. The maximum atomic E-state index is 12.5. The van der Waals surface area contributed by atoms with Gasteiger partial charge in [-0.3, -0.25) is 0 Å². The summed E-state index contributed by atoms with van der Waals surface area (Å²) >= 11 is 5.77. The standard InChI is InChI=1S/C16H14ClF3O2/c1-21-14-7-4-12(9-17)8-15(14)22-10-11-2-5-13(6-3-11)16(18,19)20/h2-8H,9-10H2,1H3. The smallest absolute Gasteiger partial charge is 0.416 e. The summed E-state index contributed by atoms with van der Waals surface area (Å²) in [5.41, 5.74) is 0.814. The minimum atomic E-state index is -4.34. The van der Waals surface area contributed by atoms with Crippen molar-refractivity contribution in [1.29, 1.82) is 0 Å². The molecule has 0 heterocycles. The lowest BCUT2D eigenvalue weighted by molar-refractivity contribution is -0.137. The van der Waals surface area contributed by atoms with Crippen LogP contribution >= 0.6 is 11.6 Å². The van der Waals surface area contributed by atoms with E-state index in [1.54, 1.807) is 12.1 Å². The Kier molecular flexibility index (Phi) is 5.19. The second kappa shape index (κ2) is 6.92. The third-order valence-corrected chi connectivity index (χ3v) is 3.37. The van der Waals surface area contributed by atoms with E-state index in [0.717, 1.165) is 17.7 Å². The summed E-state index contributed by atoms with van der Waals surface area (Å²) in [6, 6.07) is 10.1. The van der Waals surface area contributed by atoms with Gasteiger partial charge in [-0.25, -0.2) is 0 Å². The van der Waals surface area contributed by atoms with Crippen LogP contribution in [0.5, 0.6) is 11.5 Å². The third-order valence-electron chi connectivity index (χ3n) is 3.06. The summed E-state index contributed by atoms with van der Waals surface area (Å²) in [5, 5.41) is 0. The van der Waals surface area contributed by atoms with Gasteiger partial charge >= 0.3 is 6.18 Å². The first kappa shape index (κ1) is 16.5. The SMILES string of the molecule is COc1ccc(CCl)cc1OCc1ccc(C(F)(F)F)cc1. The van der Waals surface area contributed by atoms with Crippen LogP contribution in [-0.4, -0.2) is 7.11 Å². The second-order valence-electron chi connectivity index (χ2n) is 4.60. The van der Waals surface area contributed by atoms with Gasteiger partial charge in [-0.05, 0) is 35.4 Å². The molecule has 0 N–H and O–H groups in total. The lowest BCUT2D eigenvalue weighted by atomic mass is 10.1. The fourth-order valence-corrected chi connectivity index (χ4v) is 2.03. The Morgan fingerprint density at radius 3 is 2.14 bits per heavy atom. The zero-order valence-corrected chi connectivity index (χ0v) is 12.5. The van der Waals surface area contributed by atoms with Crippen LogP contribution in [0.4, 0.5) is 13.2 Å². The molecule has 0 saturated carbocycles. The van der Waals surface area contributed by atoms with Gasteiger partial charge in [0.1, 0.15) is 6.61 Å². The molecule has 6 heteroatoms. The van der Waals surface area contributed by atoms with Gasteiger partial charge in [0.25, 0.3) is 0 Å². The molecule has 0 aliphatic rings. The molecule has 2 aromatic rings. The first-order valence-electron chi connectivity index (χ1n) is 6.46. The maximum Gasteiger partial charge on any atom is 0.416 e. The second-order valence-corrected chi connectivity index (χ2v) is 4.87. The lowest BCUT2D eigenvalue weighted by Crippen LogP contribution is -2.05. The van der Waals surface area contributed by atoms with Crippen molar-refractivity contribution in [1.82, 2.24) is 0 Å². The number of alkyl halides is 4. The largest absolute Gasteiger partial charge is 0.493 e. The molecule has 0 atom stereocenters. The van der Waals surface area contributed by atoms with E-state index in [4.69, 9.17) is 21.1 Å². The Morgan fingerprint density at radius 2 is 1.59 bits per heavy atom. The summed E-state index contributed by atoms with van der Waals surface area (Å²) in [4.78, 5) is 0. The molecule has 0 saturated heterocycles. The molecule has 0 radical (unpaired) electrons. The van der Waals surface area contributed by atoms with E-state index in [0.29, 0.717) is 22.9 Å². The Balaban J connectivity index is 2.09. The van der Waals surface area contributed by atoms with Gasteiger partial charge in [0, 0.05) is 5.88 Å². The van der Waals surface area contributed by atoms with Gasteiger partial charge in [0.05, 0.1) is 12.7 Å². The van der Waals surface area contributed by atoms with Crippen molar-refractivity contribution in [2.24, 2.45) is 0 Å². The van der Waals surface area contributed by atoms with E-state index in [2.05, 4.69) is 0 Å². The summed E-state index contributed by atoms with van der Waals surface area (Å²) in [5.74, 6) is 1.38. The van der Waals surface area contributed by atoms with E-state index in [-0.39, 0.29) is 6.61 Å². The highest BCUT2D eigenvalue weighted by atomic mass is 35.5. The van der Waals surface area contributed by atoms with Gasteiger partial charge in [-0.1, -0.05) is 18.2 Å². The fourth-order valence-electron chi connectivity index (χ4n) is 1.87. The lowest BCUT2D eigenvalue weighted by Gasteiger charge is -2.12. The molecule has 0 aliphatic carbocycles. The van der Waals surface area contributed by atoms with Crippen LogP contribution in [0, 0.1) is 0 Å². The summed E-state index contributed by atoms with van der Waals surface area (Å²) < 4.78 is 48.3. The molecule has 0 aromatic heterocycles. The third kappa shape index (κ3) is 4.07.